The molecule has 0 atom stereocenters. The van der Waals surface area contributed by atoms with Crippen molar-refractivity contribution in [2.24, 2.45) is 0 Å². The van der Waals surface area contributed by atoms with Gasteiger partial charge in [0.05, 0.1) is 5.52 Å². The van der Waals surface area contributed by atoms with Gasteiger partial charge in [-0.25, -0.2) is 8.78 Å². The standard InChI is InChI=1S/C17H12F2N4/c18-16(19)13-4-1-3-10-9-11(6-7-12(10)13)21-17-15-14(22-23-17)5-2-8-20-15/h1-9,16H,(H2,21,22,23). The van der Waals surface area contributed by atoms with Gasteiger partial charge in [-0.15, -0.1) is 0 Å². The average Bonchev–Trinajstić information content (AvgIpc) is 2.97. The number of nitrogens with one attached hydrogen (secondary N) is 2. The zero-order valence-corrected chi connectivity index (χ0v) is 11.9. The Balaban J connectivity index is 1.75. The number of anilines is 2. The number of aromatic nitrogens is 3. The average molecular weight is 310 g/mol. The fourth-order valence-corrected chi connectivity index (χ4v) is 2.65. The molecule has 23 heavy (non-hydrogen) atoms. The number of hydrogen-bond donors (Lipinski definition) is 2. The van der Waals surface area contributed by atoms with Crippen LogP contribution in [0, 0.1) is 0 Å². The van der Waals surface area contributed by atoms with Gasteiger partial charge >= 0.3 is 0 Å². The molecular weight excluding hydrogens is 298 g/mol. The highest BCUT2D eigenvalue weighted by Crippen LogP contribution is 2.30. The Bertz CT molecular complexity index is 994. The number of hydrogen-bond acceptors (Lipinski definition) is 3. The molecule has 0 unspecified atom stereocenters. The maximum absolute atomic E-state index is 13.0. The number of aromatic amines is 1. The fraction of sp³-hybridized carbons (Fsp3) is 0.0588. The van der Waals surface area contributed by atoms with Crippen molar-refractivity contribution in [1.29, 1.82) is 0 Å². The summed E-state index contributed by atoms with van der Waals surface area (Å²) >= 11 is 0. The third-order valence-corrected chi connectivity index (χ3v) is 3.73. The van der Waals surface area contributed by atoms with Crippen molar-refractivity contribution in [3.63, 3.8) is 0 Å². The first-order valence-corrected chi connectivity index (χ1v) is 7.09. The first-order chi connectivity index (χ1) is 11.2. The molecule has 0 spiro atoms. The lowest BCUT2D eigenvalue weighted by atomic mass is 10.0. The summed E-state index contributed by atoms with van der Waals surface area (Å²) in [6.07, 6.45) is -0.796. The molecule has 4 nitrogen and oxygen atoms in total. The molecule has 0 amide bonds. The molecule has 114 valence electrons. The molecule has 0 aliphatic carbocycles. The highest BCUT2D eigenvalue weighted by atomic mass is 19.3. The smallest absolute Gasteiger partial charge is 0.264 e. The lowest BCUT2D eigenvalue weighted by molar-refractivity contribution is 0.153. The molecule has 2 heterocycles. The fourth-order valence-electron chi connectivity index (χ4n) is 2.65. The highest BCUT2D eigenvalue weighted by molar-refractivity contribution is 5.92. The monoisotopic (exact) mass is 310 g/mol. The van der Waals surface area contributed by atoms with Gasteiger partial charge in [-0.05, 0) is 35.0 Å². The second-order valence-electron chi connectivity index (χ2n) is 5.18. The number of alkyl halides is 2. The molecule has 0 fully saturated rings. The van der Waals surface area contributed by atoms with Crippen molar-refractivity contribution in [2.75, 3.05) is 5.32 Å². The largest absolute Gasteiger partial charge is 0.337 e. The van der Waals surface area contributed by atoms with Crippen LogP contribution in [0.3, 0.4) is 0 Å². The van der Waals surface area contributed by atoms with Crippen molar-refractivity contribution >= 4 is 33.3 Å². The highest BCUT2D eigenvalue weighted by Gasteiger charge is 2.12. The van der Waals surface area contributed by atoms with E-state index in [1.54, 1.807) is 24.4 Å². The number of H-pyrrole nitrogens is 1. The van der Waals surface area contributed by atoms with E-state index in [9.17, 15) is 8.78 Å². The first-order valence-electron chi connectivity index (χ1n) is 7.09. The Hall–Kier alpha value is -3.02. The summed E-state index contributed by atoms with van der Waals surface area (Å²) in [4.78, 5) is 4.28. The Labute approximate surface area is 130 Å². The van der Waals surface area contributed by atoms with Crippen LogP contribution in [0.2, 0.25) is 0 Å². The predicted octanol–water partition coefficient (Wildman–Crippen LogP) is 4.79. The second-order valence-corrected chi connectivity index (χ2v) is 5.18. The van der Waals surface area contributed by atoms with Crippen LogP contribution >= 0.6 is 0 Å². The minimum atomic E-state index is -2.49. The number of nitrogens with zero attached hydrogens (tertiary/aromatic N) is 2. The quantitative estimate of drug-likeness (QED) is 0.572. The molecule has 0 saturated carbocycles. The molecule has 0 radical (unpaired) electrons. The van der Waals surface area contributed by atoms with Crippen LogP contribution in [-0.4, -0.2) is 15.2 Å². The SMILES string of the molecule is FC(F)c1cccc2cc(Nc3n[nH]c4cccnc34)ccc12. The molecular formula is C17H12F2N4. The van der Waals surface area contributed by atoms with Gasteiger partial charge in [0.25, 0.3) is 6.43 Å². The van der Waals surface area contributed by atoms with Crippen LogP contribution in [0.1, 0.15) is 12.0 Å². The van der Waals surface area contributed by atoms with E-state index in [0.29, 0.717) is 11.2 Å². The van der Waals surface area contributed by atoms with E-state index >= 15 is 0 Å². The van der Waals surface area contributed by atoms with Gasteiger partial charge in [0.1, 0.15) is 5.52 Å². The van der Waals surface area contributed by atoms with E-state index in [1.165, 1.54) is 6.07 Å². The van der Waals surface area contributed by atoms with Crippen LogP contribution in [0.25, 0.3) is 21.8 Å². The van der Waals surface area contributed by atoms with Crippen LogP contribution < -0.4 is 5.32 Å². The van der Waals surface area contributed by atoms with E-state index in [1.807, 2.05) is 24.3 Å². The van der Waals surface area contributed by atoms with E-state index < -0.39 is 6.43 Å². The Morgan fingerprint density at radius 2 is 1.96 bits per heavy atom. The van der Waals surface area contributed by atoms with Gasteiger partial charge in [-0.3, -0.25) is 10.1 Å². The summed E-state index contributed by atoms with van der Waals surface area (Å²) < 4.78 is 26.1. The molecule has 0 aliphatic rings. The minimum absolute atomic E-state index is 0.0425. The van der Waals surface area contributed by atoms with Crippen molar-refractivity contribution < 1.29 is 8.78 Å². The van der Waals surface area contributed by atoms with E-state index in [2.05, 4.69) is 20.5 Å². The molecule has 2 aromatic heterocycles. The zero-order chi connectivity index (χ0) is 15.8. The summed E-state index contributed by atoms with van der Waals surface area (Å²) in [6.45, 7) is 0. The first kappa shape index (κ1) is 13.6. The van der Waals surface area contributed by atoms with Crippen LogP contribution in [0.4, 0.5) is 20.3 Å². The van der Waals surface area contributed by atoms with E-state index in [4.69, 9.17) is 0 Å². The topological polar surface area (TPSA) is 53.6 Å². The van der Waals surface area contributed by atoms with Gasteiger partial charge in [-0.1, -0.05) is 24.3 Å². The van der Waals surface area contributed by atoms with Crippen LogP contribution in [-0.2, 0) is 0 Å². The van der Waals surface area contributed by atoms with Gasteiger partial charge < -0.3 is 5.32 Å². The predicted molar refractivity (Wildman–Crippen MR) is 86.1 cm³/mol. The molecule has 0 bridgehead atoms. The Morgan fingerprint density at radius 3 is 2.83 bits per heavy atom. The summed E-state index contributed by atoms with van der Waals surface area (Å²) in [7, 11) is 0. The summed E-state index contributed by atoms with van der Waals surface area (Å²) in [5, 5.41) is 11.6. The van der Waals surface area contributed by atoms with Crippen molar-refractivity contribution in [1.82, 2.24) is 15.2 Å². The van der Waals surface area contributed by atoms with Crippen LogP contribution in [0.5, 0.6) is 0 Å². The van der Waals surface area contributed by atoms with Gasteiger partial charge in [0.15, 0.2) is 5.82 Å². The van der Waals surface area contributed by atoms with Gasteiger partial charge in [0.2, 0.25) is 0 Å². The lowest BCUT2D eigenvalue weighted by Gasteiger charge is -2.08. The molecule has 4 rings (SSSR count). The summed E-state index contributed by atoms with van der Waals surface area (Å²) in [6, 6.07) is 13.9. The molecule has 4 aromatic rings. The third kappa shape index (κ3) is 2.38. The minimum Gasteiger partial charge on any atom is -0.337 e. The second kappa shape index (κ2) is 5.31. The molecule has 0 aliphatic heterocycles. The number of benzene rings is 2. The third-order valence-electron chi connectivity index (χ3n) is 3.73. The van der Waals surface area contributed by atoms with Crippen molar-refractivity contribution in [3.8, 4) is 0 Å². The number of halogens is 2. The van der Waals surface area contributed by atoms with Crippen LogP contribution in [0.15, 0.2) is 54.7 Å². The summed E-state index contributed by atoms with van der Waals surface area (Å²) in [5.41, 5.74) is 2.37. The number of pyridine rings is 1. The molecule has 2 N–H and O–H groups in total. The molecule has 0 saturated heterocycles. The molecule has 6 heteroatoms. The Kier molecular flexibility index (Phi) is 3.15. The maximum atomic E-state index is 13.0. The van der Waals surface area contributed by atoms with E-state index in [-0.39, 0.29) is 5.56 Å². The normalized spacial score (nSPS) is 11.4. The summed E-state index contributed by atoms with van der Waals surface area (Å²) in [5.74, 6) is 0.602. The van der Waals surface area contributed by atoms with E-state index in [0.717, 1.165) is 22.1 Å². The molecule has 2 aromatic carbocycles. The lowest BCUT2D eigenvalue weighted by Crippen LogP contribution is -1.93. The van der Waals surface area contributed by atoms with Gasteiger partial charge in [0, 0.05) is 17.4 Å². The number of fused-ring (bicyclic) bond motifs is 2. The van der Waals surface area contributed by atoms with Crippen molar-refractivity contribution in [2.45, 2.75) is 6.43 Å². The number of rotatable bonds is 3. The van der Waals surface area contributed by atoms with Crippen molar-refractivity contribution in [3.05, 3.63) is 60.3 Å². The maximum Gasteiger partial charge on any atom is 0.264 e. The van der Waals surface area contributed by atoms with Gasteiger partial charge in [-0.2, -0.15) is 5.10 Å². The Morgan fingerprint density at radius 1 is 1.04 bits per heavy atom. The zero-order valence-electron chi connectivity index (χ0n) is 11.9.